The summed E-state index contributed by atoms with van der Waals surface area (Å²) in [7, 11) is -1.25. The third-order valence-corrected chi connectivity index (χ3v) is 8.80. The average Bonchev–Trinajstić information content (AvgIpc) is 2.68. The van der Waals surface area contributed by atoms with Crippen LogP contribution in [0.5, 0.6) is 0 Å². The first-order valence-corrected chi connectivity index (χ1v) is 12.1. The number of hydrogen-bond acceptors (Lipinski definition) is 7. The molecule has 1 saturated carbocycles. The van der Waals surface area contributed by atoms with E-state index < -0.39 is 20.7 Å². The van der Waals surface area contributed by atoms with E-state index in [9.17, 15) is 13.2 Å². The van der Waals surface area contributed by atoms with Crippen LogP contribution in [0.25, 0.3) is 0 Å². The maximum atomic E-state index is 13.0. The molecule has 1 amide bonds. The maximum absolute atomic E-state index is 13.0. The molecule has 1 aromatic heterocycles. The Bertz CT molecular complexity index is 863. The van der Waals surface area contributed by atoms with Crippen molar-refractivity contribution in [1.82, 2.24) is 19.8 Å². The van der Waals surface area contributed by atoms with Gasteiger partial charge in [0.05, 0.1) is 36.4 Å². The highest BCUT2D eigenvalue weighted by Gasteiger charge is 2.54. The molecule has 0 N–H and O–H groups in total. The van der Waals surface area contributed by atoms with Crippen LogP contribution in [0.2, 0.25) is 0 Å². The van der Waals surface area contributed by atoms with Gasteiger partial charge in [0.1, 0.15) is 11.3 Å². The Balaban J connectivity index is 1.35. The van der Waals surface area contributed by atoms with Crippen molar-refractivity contribution in [2.45, 2.75) is 55.9 Å². The zero-order valence-electron chi connectivity index (χ0n) is 17.2. The van der Waals surface area contributed by atoms with Crippen LogP contribution < -0.4 is 0 Å². The number of amides is 1. The molecule has 9 heteroatoms. The van der Waals surface area contributed by atoms with Crippen molar-refractivity contribution in [3.63, 3.8) is 0 Å². The van der Waals surface area contributed by atoms with E-state index in [1.165, 1.54) is 25.5 Å². The number of sulfone groups is 1. The lowest BCUT2D eigenvalue weighted by atomic mass is 9.94. The van der Waals surface area contributed by atoms with Gasteiger partial charge in [-0.25, -0.2) is 13.4 Å². The fourth-order valence-electron chi connectivity index (χ4n) is 4.80. The van der Waals surface area contributed by atoms with E-state index in [4.69, 9.17) is 4.74 Å². The normalized spacial score (nSPS) is 26.4. The van der Waals surface area contributed by atoms with E-state index in [0.29, 0.717) is 24.0 Å². The van der Waals surface area contributed by atoms with Gasteiger partial charge in [-0.2, -0.15) is 0 Å². The summed E-state index contributed by atoms with van der Waals surface area (Å²) in [5.41, 5.74) is 0.110. The number of aryl methyl sites for hydroxylation is 1. The molecule has 4 rings (SSSR count). The van der Waals surface area contributed by atoms with Crippen LogP contribution in [-0.4, -0.2) is 90.0 Å². The molecule has 0 unspecified atom stereocenters. The summed E-state index contributed by atoms with van der Waals surface area (Å²) in [6.45, 7) is 3.03. The quantitative estimate of drug-likeness (QED) is 0.716. The van der Waals surface area contributed by atoms with E-state index in [1.54, 1.807) is 18.0 Å². The van der Waals surface area contributed by atoms with Gasteiger partial charge in [-0.05, 0) is 26.8 Å². The van der Waals surface area contributed by atoms with Crippen LogP contribution >= 0.6 is 0 Å². The Kier molecular flexibility index (Phi) is 5.65. The van der Waals surface area contributed by atoms with Gasteiger partial charge in [-0.15, -0.1) is 0 Å². The molecule has 1 spiro atoms. The standard InChI is InChI=1S/C20H30N4O4S/c1-15-18(22-9-8-21-15)19(25)24-12-20(13-24)14-29(26,27)17(11-28-20)10-23(2)16-6-4-3-5-7-16/h8-9,16-17H,3-7,10-14H2,1-2H3/t17-/m0/s1. The summed E-state index contributed by atoms with van der Waals surface area (Å²) in [5.74, 6) is -0.242. The molecule has 3 aliphatic rings. The minimum Gasteiger partial charge on any atom is -0.369 e. The molecule has 3 fully saturated rings. The van der Waals surface area contributed by atoms with Gasteiger partial charge < -0.3 is 14.5 Å². The van der Waals surface area contributed by atoms with Crippen LogP contribution in [0.15, 0.2) is 12.4 Å². The van der Waals surface area contributed by atoms with Crippen molar-refractivity contribution >= 4 is 15.7 Å². The lowest BCUT2D eigenvalue weighted by Gasteiger charge is -2.52. The smallest absolute Gasteiger partial charge is 0.274 e. The SMILES string of the molecule is Cc1nccnc1C(=O)N1CC2(C1)CS(=O)(=O)[C@@H](CN(C)C1CCCCC1)CO2. The molecule has 2 aliphatic heterocycles. The third-order valence-electron chi connectivity index (χ3n) is 6.57. The first-order valence-electron chi connectivity index (χ1n) is 10.4. The molecule has 1 aromatic rings. The predicted molar refractivity (Wildman–Crippen MR) is 108 cm³/mol. The van der Waals surface area contributed by atoms with E-state index in [2.05, 4.69) is 14.9 Å². The fraction of sp³-hybridized carbons (Fsp3) is 0.750. The Morgan fingerprint density at radius 1 is 1.24 bits per heavy atom. The molecule has 2 saturated heterocycles. The van der Waals surface area contributed by atoms with Gasteiger partial charge in [0, 0.05) is 25.0 Å². The van der Waals surface area contributed by atoms with Crippen molar-refractivity contribution in [3.05, 3.63) is 23.8 Å². The van der Waals surface area contributed by atoms with Crippen LogP contribution in [0.3, 0.4) is 0 Å². The lowest BCUT2D eigenvalue weighted by Crippen LogP contribution is -2.71. The molecular weight excluding hydrogens is 392 g/mol. The third kappa shape index (κ3) is 4.18. The second kappa shape index (κ2) is 7.92. The van der Waals surface area contributed by atoms with Crippen LogP contribution in [0.1, 0.15) is 48.3 Å². The topological polar surface area (TPSA) is 92.7 Å². The van der Waals surface area contributed by atoms with E-state index in [-0.39, 0.29) is 31.4 Å². The molecule has 160 valence electrons. The van der Waals surface area contributed by atoms with Gasteiger partial charge in [0.25, 0.3) is 5.91 Å². The second-order valence-corrected chi connectivity index (χ2v) is 11.1. The van der Waals surface area contributed by atoms with Crippen molar-refractivity contribution < 1.29 is 17.9 Å². The second-order valence-electron chi connectivity index (χ2n) is 8.81. The average molecular weight is 423 g/mol. The maximum Gasteiger partial charge on any atom is 0.274 e. The van der Waals surface area contributed by atoms with Crippen molar-refractivity contribution in [3.8, 4) is 0 Å². The molecule has 0 aromatic carbocycles. The number of carbonyl (C=O) groups excluding carboxylic acids is 1. The Hall–Kier alpha value is -1.58. The summed E-state index contributed by atoms with van der Waals surface area (Å²) in [6, 6.07) is 0.474. The molecule has 3 heterocycles. The molecule has 8 nitrogen and oxygen atoms in total. The first kappa shape index (κ1) is 20.7. The highest BCUT2D eigenvalue weighted by molar-refractivity contribution is 7.92. The molecule has 0 bridgehead atoms. The highest BCUT2D eigenvalue weighted by atomic mass is 32.2. The number of hydrogen-bond donors (Lipinski definition) is 0. The molecule has 0 radical (unpaired) electrons. The van der Waals surface area contributed by atoms with Gasteiger partial charge in [-0.3, -0.25) is 9.78 Å². The van der Waals surface area contributed by atoms with Crippen molar-refractivity contribution in [1.29, 1.82) is 0 Å². The Morgan fingerprint density at radius 3 is 2.59 bits per heavy atom. The number of nitrogens with zero attached hydrogens (tertiary/aromatic N) is 4. The van der Waals surface area contributed by atoms with Crippen molar-refractivity contribution in [2.24, 2.45) is 0 Å². The molecule has 29 heavy (non-hydrogen) atoms. The minimum atomic E-state index is -3.28. The Labute approximate surface area is 172 Å². The highest BCUT2D eigenvalue weighted by Crippen LogP contribution is 2.34. The molecule has 1 atom stereocenters. The summed E-state index contributed by atoms with van der Waals surface area (Å²) < 4.78 is 32.0. The van der Waals surface area contributed by atoms with Crippen LogP contribution in [0, 0.1) is 6.92 Å². The van der Waals surface area contributed by atoms with Gasteiger partial charge in [0.15, 0.2) is 9.84 Å². The number of aromatic nitrogens is 2. The van der Waals surface area contributed by atoms with E-state index >= 15 is 0 Å². The number of likely N-dealkylation sites (tertiary alicyclic amines) is 1. The van der Waals surface area contributed by atoms with Gasteiger partial charge in [0.2, 0.25) is 0 Å². The fourth-order valence-corrected chi connectivity index (χ4v) is 6.77. The first-order chi connectivity index (χ1) is 13.8. The van der Waals surface area contributed by atoms with Gasteiger partial charge >= 0.3 is 0 Å². The zero-order chi connectivity index (χ0) is 20.6. The monoisotopic (exact) mass is 422 g/mol. The van der Waals surface area contributed by atoms with Crippen molar-refractivity contribution in [2.75, 3.05) is 39.0 Å². The summed E-state index contributed by atoms with van der Waals surface area (Å²) in [6.07, 6.45) is 9.05. The minimum absolute atomic E-state index is 0.0214. The number of rotatable bonds is 4. The number of ether oxygens (including phenoxy) is 1. The van der Waals surface area contributed by atoms with Gasteiger partial charge in [-0.1, -0.05) is 19.3 Å². The summed E-state index contributed by atoms with van der Waals surface area (Å²) in [5, 5.41) is -0.493. The van der Waals surface area contributed by atoms with E-state index in [0.717, 1.165) is 12.8 Å². The lowest BCUT2D eigenvalue weighted by molar-refractivity contribution is -0.121. The number of carbonyl (C=O) groups is 1. The summed E-state index contributed by atoms with van der Waals surface area (Å²) >= 11 is 0. The molecule has 1 aliphatic carbocycles. The van der Waals surface area contributed by atoms with Crippen LogP contribution in [0.4, 0.5) is 0 Å². The zero-order valence-corrected chi connectivity index (χ0v) is 18.0. The largest absolute Gasteiger partial charge is 0.369 e. The predicted octanol–water partition coefficient (Wildman–Crippen LogP) is 1.06. The van der Waals surface area contributed by atoms with Crippen LogP contribution in [-0.2, 0) is 14.6 Å². The molecular formula is C20H30N4O4S. The summed E-state index contributed by atoms with van der Waals surface area (Å²) in [4.78, 5) is 24.7. The van der Waals surface area contributed by atoms with E-state index in [1.807, 2.05) is 7.05 Å². The Morgan fingerprint density at radius 2 is 1.93 bits per heavy atom.